The molecule has 0 N–H and O–H groups in total. The van der Waals surface area contributed by atoms with Crippen molar-refractivity contribution in [3.05, 3.63) is 0 Å². The second kappa shape index (κ2) is 16.3. The van der Waals surface area contributed by atoms with Crippen molar-refractivity contribution < 1.29 is 17.9 Å². The first-order valence-electron chi connectivity index (χ1n) is 8.62. The molecule has 0 nitrogen and oxygen atoms in total. The molecule has 0 aliphatic rings. The molecule has 0 unspecified atom stereocenters. The Balaban J connectivity index is -0.000000294. The van der Waals surface area contributed by atoms with Gasteiger partial charge in [-0.15, -0.1) is 0 Å². The van der Waals surface area contributed by atoms with E-state index in [4.69, 9.17) is 9.58 Å². The van der Waals surface area contributed by atoms with Gasteiger partial charge in [0.15, 0.2) is 0 Å². The second-order valence-electron chi connectivity index (χ2n) is 7.46. The van der Waals surface area contributed by atoms with E-state index in [1.807, 2.05) is 0 Å². The molecule has 0 aliphatic heterocycles. The molecule has 0 bridgehead atoms. The van der Waals surface area contributed by atoms with Crippen molar-refractivity contribution in [1.29, 1.82) is 0 Å². The van der Waals surface area contributed by atoms with Crippen LogP contribution in [0.25, 0.3) is 0 Å². The molecule has 0 atom stereocenters. The normalized spacial score (nSPS) is 11.8. The zero-order chi connectivity index (χ0) is 18.6. The Morgan fingerprint density at radius 2 is 0.500 bits per heavy atom. The first-order valence-corrected chi connectivity index (χ1v) is 15.1. The van der Waals surface area contributed by atoms with Gasteiger partial charge in [0.1, 0.15) is 0 Å². The third kappa shape index (κ3) is 14.2. The summed E-state index contributed by atoms with van der Waals surface area (Å²) in [7, 11) is 5.22. The van der Waals surface area contributed by atoms with Crippen LogP contribution in [0.1, 0.15) is 83.1 Å². The van der Waals surface area contributed by atoms with Crippen LogP contribution in [0.3, 0.4) is 0 Å². The summed E-state index contributed by atoms with van der Waals surface area (Å²) in [4.78, 5) is 0. The van der Waals surface area contributed by atoms with Gasteiger partial charge in [0.05, 0.1) is 0 Å². The Hall–Kier alpha value is 1.80. The third-order valence-corrected chi connectivity index (χ3v) is 10.7. The first kappa shape index (κ1) is 28.6. The van der Waals surface area contributed by atoms with E-state index in [1.165, 1.54) is 17.9 Å². The van der Waals surface area contributed by atoms with Gasteiger partial charge in [0.25, 0.3) is 0 Å². The van der Waals surface area contributed by atoms with Crippen molar-refractivity contribution in [2.75, 3.05) is 0 Å². The average Bonchev–Trinajstić information content (AvgIpc) is 2.28. The maximum atomic E-state index is 4.69. The molecule has 0 fully saturated rings. The molecule has 0 saturated carbocycles. The van der Waals surface area contributed by atoms with Crippen LogP contribution in [0.5, 0.6) is 0 Å². The van der Waals surface area contributed by atoms with Crippen molar-refractivity contribution in [2.45, 2.75) is 117 Å². The number of hydrogen-bond acceptors (Lipinski definition) is 0. The van der Waals surface area contributed by atoms with Gasteiger partial charge in [-0.2, -0.15) is 0 Å². The summed E-state index contributed by atoms with van der Waals surface area (Å²) in [5.41, 5.74) is 5.39. The minimum atomic E-state index is 0.262. The van der Waals surface area contributed by atoms with Crippen LogP contribution < -0.4 is 0 Å². The van der Waals surface area contributed by atoms with Crippen LogP contribution >= 0.6 is 25.4 Å². The molecule has 0 spiro atoms. The Labute approximate surface area is 160 Å². The van der Waals surface area contributed by atoms with E-state index < -0.39 is 0 Å². The fourth-order valence-electron chi connectivity index (χ4n) is 3.58. The van der Waals surface area contributed by atoms with E-state index in [0.29, 0.717) is 0 Å². The van der Waals surface area contributed by atoms with Crippen molar-refractivity contribution in [3.8, 4) is 0 Å². The standard InChI is InChI=1S/2C9H21P.ClH.Ir.2H/c2*1-7(2)10(8(3)4)9(5)6;;;;/h2*7-9H,1-6H3;1H;;;/q;;;+1;;/p-1. The van der Waals surface area contributed by atoms with Gasteiger partial charge in [0.2, 0.25) is 0 Å². The fraction of sp³-hybridized carbons (Fsp3) is 1.00. The second-order valence-corrected chi connectivity index (χ2v) is 15.4. The number of rotatable bonds is 6. The van der Waals surface area contributed by atoms with Crippen LogP contribution in [0.2, 0.25) is 0 Å². The minimum absolute atomic E-state index is 0.262. The van der Waals surface area contributed by atoms with Crippen LogP contribution in [-0.4, -0.2) is 34.0 Å². The van der Waals surface area contributed by atoms with Gasteiger partial charge in [-0.25, -0.2) is 0 Å². The van der Waals surface area contributed by atoms with Crippen molar-refractivity contribution in [3.63, 3.8) is 0 Å². The molecular formula is C18H44ClIrP2. The summed E-state index contributed by atoms with van der Waals surface area (Å²) in [5.74, 6) is 0. The molecule has 0 rings (SSSR count). The van der Waals surface area contributed by atoms with Gasteiger partial charge in [-0.3, -0.25) is 0 Å². The van der Waals surface area contributed by atoms with Crippen molar-refractivity contribution in [1.82, 2.24) is 0 Å². The zero-order valence-electron chi connectivity index (χ0n) is 17.1. The SMILES string of the molecule is CC(C)P(C(C)C)C(C)C.CC(C)P(C(C)C)C(C)C.[Cl][IrH2]. The zero-order valence-corrected chi connectivity index (χ0v) is 22.4. The van der Waals surface area contributed by atoms with Gasteiger partial charge in [-0.1, -0.05) is 98.9 Å². The molecule has 0 aromatic rings. The van der Waals surface area contributed by atoms with Gasteiger partial charge in [0, 0.05) is 0 Å². The monoisotopic (exact) mass is 550 g/mol. The fourth-order valence-corrected chi connectivity index (χ4v) is 10.7. The third-order valence-electron chi connectivity index (χ3n) is 3.58. The quantitative estimate of drug-likeness (QED) is 0.300. The van der Waals surface area contributed by atoms with Crippen LogP contribution in [0.15, 0.2) is 0 Å². The van der Waals surface area contributed by atoms with Crippen LogP contribution in [-0.2, 0) is 17.9 Å². The van der Waals surface area contributed by atoms with Crippen LogP contribution in [0, 0.1) is 0 Å². The molecule has 142 valence electrons. The summed E-state index contributed by atoms with van der Waals surface area (Å²) in [5, 5.41) is 0. The van der Waals surface area contributed by atoms with E-state index in [1.54, 1.807) is 0 Å². The first-order chi connectivity index (χ1) is 9.93. The molecule has 0 saturated heterocycles. The molecule has 4 heteroatoms. The number of hydrogen-bond donors (Lipinski definition) is 0. The topological polar surface area (TPSA) is 0 Å². The summed E-state index contributed by atoms with van der Waals surface area (Å²) in [6.07, 6.45) is 0. The Bertz CT molecular complexity index is 167. The summed E-state index contributed by atoms with van der Waals surface area (Å²) in [6.45, 7) is 28.2. The van der Waals surface area contributed by atoms with Crippen molar-refractivity contribution in [2.24, 2.45) is 0 Å². The number of halogens is 1. The molecule has 0 aromatic heterocycles. The van der Waals surface area contributed by atoms with Gasteiger partial charge < -0.3 is 0 Å². The molecule has 22 heavy (non-hydrogen) atoms. The molecule has 0 aromatic carbocycles. The van der Waals surface area contributed by atoms with E-state index in [9.17, 15) is 0 Å². The average molecular weight is 550 g/mol. The van der Waals surface area contributed by atoms with Gasteiger partial charge >= 0.3 is 27.5 Å². The summed E-state index contributed by atoms with van der Waals surface area (Å²) >= 11 is 1.19. The van der Waals surface area contributed by atoms with E-state index in [0.717, 1.165) is 34.0 Å². The van der Waals surface area contributed by atoms with E-state index in [2.05, 4.69) is 83.1 Å². The Morgan fingerprint density at radius 1 is 0.409 bits per heavy atom. The maximum absolute atomic E-state index is 4.69. The predicted molar refractivity (Wildman–Crippen MR) is 113 cm³/mol. The molecular weight excluding hydrogens is 506 g/mol. The molecule has 0 radical (unpaired) electrons. The van der Waals surface area contributed by atoms with E-state index in [-0.39, 0.29) is 15.8 Å². The van der Waals surface area contributed by atoms with Crippen molar-refractivity contribution >= 4 is 25.4 Å². The summed E-state index contributed by atoms with van der Waals surface area (Å²) in [6, 6.07) is 0. The Kier molecular flexibility index (Phi) is 21.2. The van der Waals surface area contributed by atoms with Crippen LogP contribution in [0.4, 0.5) is 0 Å². The van der Waals surface area contributed by atoms with Gasteiger partial charge in [-0.05, 0) is 34.0 Å². The van der Waals surface area contributed by atoms with E-state index >= 15 is 0 Å². The molecule has 0 aliphatic carbocycles. The molecule has 0 amide bonds. The molecule has 0 heterocycles. The Morgan fingerprint density at radius 3 is 0.500 bits per heavy atom. The summed E-state index contributed by atoms with van der Waals surface area (Å²) < 4.78 is 0. The predicted octanol–water partition coefficient (Wildman–Crippen LogP) is 7.54.